The molecular weight excluding hydrogens is 266 g/mol. The normalized spacial score (nSPS) is 28.5. The minimum absolute atomic E-state index is 0.349. The van der Waals surface area contributed by atoms with Gasteiger partial charge in [0.05, 0.1) is 0 Å². The van der Waals surface area contributed by atoms with Gasteiger partial charge in [0.15, 0.2) is 0 Å². The summed E-state index contributed by atoms with van der Waals surface area (Å²) >= 11 is 0. The Morgan fingerprint density at radius 1 is 0.952 bits per heavy atom. The Balaban J connectivity index is 1.81. The highest BCUT2D eigenvalue weighted by Gasteiger charge is 2.29. The Kier molecular flexibility index (Phi) is 6.02. The van der Waals surface area contributed by atoms with Crippen LogP contribution in [0.5, 0.6) is 0 Å². The van der Waals surface area contributed by atoms with Crippen molar-refractivity contribution in [1.82, 2.24) is 14.7 Å². The first kappa shape index (κ1) is 16.7. The van der Waals surface area contributed by atoms with E-state index in [4.69, 9.17) is 5.11 Å². The predicted molar refractivity (Wildman–Crippen MR) is 84.6 cm³/mol. The maximum Gasteiger partial charge on any atom is 0.320 e. The van der Waals surface area contributed by atoms with Gasteiger partial charge in [-0.25, -0.2) is 0 Å². The van der Waals surface area contributed by atoms with E-state index in [-0.39, 0.29) is 6.04 Å². The van der Waals surface area contributed by atoms with Crippen molar-refractivity contribution in [2.45, 2.75) is 58.2 Å². The lowest BCUT2D eigenvalue weighted by molar-refractivity contribution is -0.143. The zero-order chi connectivity index (χ0) is 15.4. The number of aliphatic carboxylic acids is 1. The number of carboxylic acid groups (broad SMARTS) is 1. The van der Waals surface area contributed by atoms with E-state index < -0.39 is 5.97 Å². The molecule has 2 aliphatic rings. The topological polar surface area (TPSA) is 47.0 Å². The van der Waals surface area contributed by atoms with Crippen molar-refractivity contribution in [2.24, 2.45) is 0 Å². The van der Waals surface area contributed by atoms with Gasteiger partial charge in [-0.15, -0.1) is 0 Å². The van der Waals surface area contributed by atoms with E-state index in [2.05, 4.69) is 28.5 Å². The third-order valence-electron chi connectivity index (χ3n) is 5.23. The van der Waals surface area contributed by atoms with Gasteiger partial charge in [0.25, 0.3) is 0 Å². The van der Waals surface area contributed by atoms with Crippen LogP contribution in [-0.2, 0) is 4.79 Å². The molecule has 0 spiro atoms. The summed E-state index contributed by atoms with van der Waals surface area (Å²) in [6, 6.07) is 0.991. The fraction of sp³-hybridized carbons (Fsp3) is 0.938. The molecule has 0 aromatic rings. The lowest BCUT2D eigenvalue weighted by Crippen LogP contribution is -2.54. The Labute approximate surface area is 128 Å². The van der Waals surface area contributed by atoms with Crippen molar-refractivity contribution in [3.8, 4) is 0 Å². The molecule has 21 heavy (non-hydrogen) atoms. The molecule has 0 amide bonds. The number of likely N-dealkylation sites (tertiary alicyclic amines) is 1. The minimum Gasteiger partial charge on any atom is -0.480 e. The molecule has 122 valence electrons. The first-order valence-electron chi connectivity index (χ1n) is 8.44. The van der Waals surface area contributed by atoms with Gasteiger partial charge in [0, 0.05) is 38.3 Å². The van der Waals surface area contributed by atoms with Crippen molar-refractivity contribution in [3.05, 3.63) is 0 Å². The quantitative estimate of drug-likeness (QED) is 0.848. The first-order valence-corrected chi connectivity index (χ1v) is 8.44. The highest BCUT2D eigenvalue weighted by Crippen LogP contribution is 2.20. The minimum atomic E-state index is -0.703. The second kappa shape index (κ2) is 7.56. The van der Waals surface area contributed by atoms with E-state index in [1.165, 1.54) is 32.4 Å². The molecule has 0 aliphatic carbocycles. The molecule has 5 nitrogen and oxygen atoms in total. The molecule has 2 aliphatic heterocycles. The van der Waals surface area contributed by atoms with Gasteiger partial charge < -0.3 is 10.0 Å². The first-order chi connectivity index (χ1) is 9.99. The molecule has 2 heterocycles. The van der Waals surface area contributed by atoms with Crippen LogP contribution in [0.1, 0.15) is 40.0 Å². The fourth-order valence-corrected chi connectivity index (χ4v) is 3.63. The van der Waals surface area contributed by atoms with Crippen LogP contribution < -0.4 is 0 Å². The summed E-state index contributed by atoms with van der Waals surface area (Å²) < 4.78 is 0. The summed E-state index contributed by atoms with van der Waals surface area (Å²) in [5.41, 5.74) is 0. The van der Waals surface area contributed by atoms with Crippen molar-refractivity contribution in [1.29, 1.82) is 0 Å². The van der Waals surface area contributed by atoms with E-state index in [9.17, 15) is 4.79 Å². The highest BCUT2D eigenvalue weighted by molar-refractivity contribution is 5.72. The maximum atomic E-state index is 11.1. The summed E-state index contributed by atoms with van der Waals surface area (Å²) in [4.78, 5) is 18.3. The van der Waals surface area contributed by atoms with E-state index in [0.717, 1.165) is 26.2 Å². The Morgan fingerprint density at radius 3 is 2.19 bits per heavy atom. The standard InChI is InChI=1S/C16H31N3O2/c1-13(2)17-7-4-5-15(6-8-17)19-11-9-18(10-12-19)14(3)16(20)21/h13-15H,4-12H2,1-3H3,(H,20,21). The number of piperazine rings is 1. The van der Waals surface area contributed by atoms with Crippen molar-refractivity contribution in [2.75, 3.05) is 39.3 Å². The number of nitrogens with zero attached hydrogens (tertiary/aromatic N) is 3. The largest absolute Gasteiger partial charge is 0.480 e. The molecule has 0 bridgehead atoms. The van der Waals surface area contributed by atoms with E-state index >= 15 is 0 Å². The number of hydrogen-bond donors (Lipinski definition) is 1. The molecule has 2 rings (SSSR count). The molecule has 0 radical (unpaired) electrons. The molecule has 2 unspecified atom stereocenters. The Bertz CT molecular complexity index is 340. The maximum absolute atomic E-state index is 11.1. The van der Waals surface area contributed by atoms with Crippen LogP contribution in [-0.4, -0.2) is 83.2 Å². The highest BCUT2D eigenvalue weighted by atomic mass is 16.4. The number of hydrogen-bond acceptors (Lipinski definition) is 4. The summed E-state index contributed by atoms with van der Waals surface area (Å²) in [6.07, 6.45) is 3.83. The van der Waals surface area contributed by atoms with Crippen LogP contribution in [0.3, 0.4) is 0 Å². The summed E-state index contributed by atoms with van der Waals surface area (Å²) in [5.74, 6) is -0.703. The van der Waals surface area contributed by atoms with Crippen molar-refractivity contribution >= 4 is 5.97 Å². The van der Waals surface area contributed by atoms with Crippen molar-refractivity contribution in [3.63, 3.8) is 0 Å². The van der Waals surface area contributed by atoms with E-state index in [0.29, 0.717) is 12.1 Å². The Hall–Kier alpha value is -0.650. The zero-order valence-electron chi connectivity index (χ0n) is 13.8. The van der Waals surface area contributed by atoms with Crippen LogP contribution in [0.25, 0.3) is 0 Å². The number of carbonyl (C=O) groups is 1. The average Bonchev–Trinajstić information content (AvgIpc) is 2.72. The summed E-state index contributed by atoms with van der Waals surface area (Å²) in [7, 11) is 0. The molecule has 0 saturated carbocycles. The van der Waals surface area contributed by atoms with Gasteiger partial charge in [0.2, 0.25) is 0 Å². The van der Waals surface area contributed by atoms with Crippen LogP contribution in [0, 0.1) is 0 Å². The lowest BCUT2D eigenvalue weighted by atomic mass is 10.1. The molecule has 1 N–H and O–H groups in total. The number of carboxylic acids is 1. The second-order valence-corrected chi connectivity index (χ2v) is 6.80. The third kappa shape index (κ3) is 4.41. The Morgan fingerprint density at radius 2 is 1.62 bits per heavy atom. The molecule has 5 heteroatoms. The van der Waals surface area contributed by atoms with Crippen LogP contribution >= 0.6 is 0 Å². The predicted octanol–water partition coefficient (Wildman–Crippen LogP) is 1.34. The molecule has 2 atom stereocenters. The molecule has 0 aromatic carbocycles. The molecule has 2 saturated heterocycles. The second-order valence-electron chi connectivity index (χ2n) is 6.80. The summed E-state index contributed by atoms with van der Waals surface area (Å²) in [6.45, 7) is 12.6. The summed E-state index contributed by atoms with van der Waals surface area (Å²) in [5, 5.41) is 9.11. The smallest absolute Gasteiger partial charge is 0.320 e. The van der Waals surface area contributed by atoms with Crippen LogP contribution in [0.15, 0.2) is 0 Å². The van der Waals surface area contributed by atoms with Gasteiger partial charge in [-0.3, -0.25) is 14.6 Å². The average molecular weight is 297 g/mol. The fourth-order valence-electron chi connectivity index (χ4n) is 3.63. The van der Waals surface area contributed by atoms with Crippen LogP contribution in [0.4, 0.5) is 0 Å². The van der Waals surface area contributed by atoms with Crippen molar-refractivity contribution < 1.29 is 9.90 Å². The van der Waals surface area contributed by atoms with Gasteiger partial charge in [-0.05, 0) is 53.1 Å². The molecule has 0 aromatic heterocycles. The van der Waals surface area contributed by atoms with Gasteiger partial charge in [-0.1, -0.05) is 0 Å². The van der Waals surface area contributed by atoms with Gasteiger partial charge in [0.1, 0.15) is 6.04 Å². The SMILES string of the molecule is CC(C)N1CCCC(N2CCN(C(C)C(=O)O)CC2)CC1. The third-order valence-corrected chi connectivity index (χ3v) is 5.23. The van der Waals surface area contributed by atoms with Gasteiger partial charge in [-0.2, -0.15) is 0 Å². The molecule has 2 fully saturated rings. The van der Waals surface area contributed by atoms with E-state index in [1.807, 2.05) is 0 Å². The number of rotatable bonds is 4. The monoisotopic (exact) mass is 297 g/mol. The van der Waals surface area contributed by atoms with Gasteiger partial charge >= 0.3 is 5.97 Å². The van der Waals surface area contributed by atoms with E-state index in [1.54, 1.807) is 6.92 Å². The lowest BCUT2D eigenvalue weighted by Gasteiger charge is -2.40. The molecular formula is C16H31N3O2. The van der Waals surface area contributed by atoms with Crippen LogP contribution in [0.2, 0.25) is 0 Å². The zero-order valence-corrected chi connectivity index (χ0v) is 13.8.